The number of pyridine rings is 1. The van der Waals surface area contributed by atoms with E-state index in [1.54, 1.807) is 12.4 Å². The van der Waals surface area contributed by atoms with Gasteiger partial charge in [0.05, 0.1) is 17.0 Å². The van der Waals surface area contributed by atoms with Gasteiger partial charge in [0.25, 0.3) is 5.91 Å². The molecule has 206 valence electrons. The largest absolute Gasteiger partial charge is 0.357 e. The van der Waals surface area contributed by atoms with Crippen molar-refractivity contribution >= 4 is 22.6 Å². The first-order valence-corrected chi connectivity index (χ1v) is 13.9. The van der Waals surface area contributed by atoms with E-state index in [4.69, 9.17) is 0 Å². The fraction of sp³-hybridized carbons (Fsp3) is 0.433. The number of nitrogens with zero attached hydrogens (tertiary/aromatic N) is 6. The van der Waals surface area contributed by atoms with Crippen LogP contribution in [-0.2, 0) is 19.0 Å². The molecule has 1 aromatic carbocycles. The molecule has 1 aliphatic heterocycles. The average Bonchev–Trinajstić information content (AvgIpc) is 3.52. The number of amides is 1. The number of fused-ring (bicyclic) bond motifs is 1. The lowest BCUT2D eigenvalue weighted by Gasteiger charge is -2.46. The molecule has 1 saturated carbocycles. The van der Waals surface area contributed by atoms with Crippen LogP contribution in [0.25, 0.3) is 11.0 Å². The normalized spacial score (nSPS) is 23.1. The van der Waals surface area contributed by atoms with Gasteiger partial charge in [0.2, 0.25) is 0 Å². The second-order valence-electron chi connectivity index (χ2n) is 11.5. The van der Waals surface area contributed by atoms with Crippen molar-refractivity contribution in [3.63, 3.8) is 0 Å². The molecule has 0 bridgehead atoms. The number of H-pyrrole nitrogens is 1. The topological polar surface area (TPSA) is 116 Å². The molecule has 1 atom stereocenters. The second kappa shape index (κ2) is 10.5. The number of rotatable bonds is 7. The zero-order valence-corrected chi connectivity index (χ0v) is 22.8. The predicted molar refractivity (Wildman–Crippen MR) is 149 cm³/mol. The molecule has 2 N–H and O–H groups in total. The van der Waals surface area contributed by atoms with Gasteiger partial charge >= 0.3 is 0 Å². The van der Waals surface area contributed by atoms with Crippen molar-refractivity contribution < 1.29 is 9.18 Å². The number of hydrogen-bond acceptors (Lipinski definition) is 6. The average molecular weight is 541 g/mol. The zero-order valence-electron chi connectivity index (χ0n) is 22.8. The zero-order chi connectivity index (χ0) is 27.9. The quantitative estimate of drug-likeness (QED) is 0.344. The van der Waals surface area contributed by atoms with Crippen LogP contribution in [0.15, 0.2) is 42.9 Å². The van der Waals surface area contributed by atoms with E-state index in [-0.39, 0.29) is 22.5 Å². The van der Waals surface area contributed by atoms with Crippen molar-refractivity contribution in [1.82, 2.24) is 29.6 Å². The number of aryl methyl sites for hydroxylation is 1. The Morgan fingerprint density at radius 3 is 2.92 bits per heavy atom. The molecule has 1 amide bonds. The van der Waals surface area contributed by atoms with Crippen LogP contribution in [0.5, 0.6) is 0 Å². The Hall–Kier alpha value is -4.10. The van der Waals surface area contributed by atoms with Gasteiger partial charge in [0.15, 0.2) is 5.82 Å². The molecule has 4 aromatic rings. The van der Waals surface area contributed by atoms with E-state index in [0.717, 1.165) is 49.3 Å². The summed E-state index contributed by atoms with van der Waals surface area (Å²) in [6.07, 6.45) is 7.40. The van der Waals surface area contributed by atoms with Gasteiger partial charge in [-0.3, -0.25) is 9.69 Å². The fourth-order valence-corrected chi connectivity index (χ4v) is 6.60. The number of nitriles is 1. The fourth-order valence-electron chi connectivity index (χ4n) is 6.60. The number of carbonyl (C=O) groups is 1. The molecule has 40 heavy (non-hydrogen) atoms. The van der Waals surface area contributed by atoms with Crippen LogP contribution in [-0.4, -0.2) is 48.6 Å². The first-order valence-electron chi connectivity index (χ1n) is 13.9. The lowest BCUT2D eigenvalue weighted by Crippen LogP contribution is -2.44. The van der Waals surface area contributed by atoms with E-state index >= 15 is 0 Å². The molecule has 10 heteroatoms. The molecule has 9 nitrogen and oxygen atoms in total. The van der Waals surface area contributed by atoms with Crippen LogP contribution < -0.4 is 5.32 Å². The molecule has 1 aliphatic carbocycles. The summed E-state index contributed by atoms with van der Waals surface area (Å²) in [5.74, 6) is 0.876. The summed E-state index contributed by atoms with van der Waals surface area (Å²) in [5, 5.41) is 20.7. The number of nitrogens with one attached hydrogen (secondary N) is 2. The predicted octanol–water partition coefficient (Wildman–Crippen LogP) is 4.92. The second-order valence-corrected chi connectivity index (χ2v) is 11.5. The van der Waals surface area contributed by atoms with Crippen LogP contribution in [0, 0.1) is 29.0 Å². The molecule has 2 fully saturated rings. The highest BCUT2D eigenvalue weighted by atomic mass is 19.1. The van der Waals surface area contributed by atoms with E-state index < -0.39 is 11.7 Å². The van der Waals surface area contributed by atoms with Crippen molar-refractivity contribution in [3.8, 4) is 6.07 Å². The van der Waals surface area contributed by atoms with Gasteiger partial charge in [-0.25, -0.2) is 9.37 Å². The number of aromatic nitrogens is 5. The lowest BCUT2D eigenvalue weighted by molar-refractivity contribution is 0.102. The van der Waals surface area contributed by atoms with Crippen molar-refractivity contribution in [2.75, 3.05) is 18.4 Å². The summed E-state index contributed by atoms with van der Waals surface area (Å²) in [4.78, 5) is 23.2. The molecule has 6 rings (SSSR count). The number of piperidine rings is 1. The van der Waals surface area contributed by atoms with Crippen molar-refractivity contribution in [2.45, 2.75) is 51.0 Å². The summed E-state index contributed by atoms with van der Waals surface area (Å²) in [6, 6.07) is 11.8. The maximum Gasteiger partial charge on any atom is 0.274 e. The number of hydrogen-bond donors (Lipinski definition) is 2. The van der Waals surface area contributed by atoms with Crippen LogP contribution >= 0.6 is 0 Å². The van der Waals surface area contributed by atoms with Crippen molar-refractivity contribution in [3.05, 3.63) is 71.3 Å². The van der Waals surface area contributed by atoms with Gasteiger partial charge in [0.1, 0.15) is 23.4 Å². The molecule has 0 unspecified atom stereocenters. The van der Waals surface area contributed by atoms with Gasteiger partial charge in [-0.15, -0.1) is 10.2 Å². The Morgan fingerprint density at radius 2 is 2.17 bits per heavy atom. The molecular weight excluding hydrogens is 507 g/mol. The monoisotopic (exact) mass is 540 g/mol. The minimum absolute atomic E-state index is 0.178. The van der Waals surface area contributed by atoms with Crippen molar-refractivity contribution in [1.29, 1.82) is 5.26 Å². The highest BCUT2D eigenvalue weighted by molar-refractivity contribution is 6.04. The molecule has 1 saturated heterocycles. The summed E-state index contributed by atoms with van der Waals surface area (Å²) in [7, 11) is 1.92. The highest BCUT2D eigenvalue weighted by Crippen LogP contribution is 2.53. The Morgan fingerprint density at radius 1 is 1.32 bits per heavy atom. The lowest BCUT2D eigenvalue weighted by atomic mass is 9.57. The molecule has 2 aliphatic rings. The Kier molecular flexibility index (Phi) is 6.84. The third-order valence-electron chi connectivity index (χ3n) is 8.50. The summed E-state index contributed by atoms with van der Waals surface area (Å²) >= 11 is 0. The number of benzene rings is 1. The first-order chi connectivity index (χ1) is 19.4. The van der Waals surface area contributed by atoms with Crippen LogP contribution in [0.2, 0.25) is 0 Å². The molecule has 0 spiro atoms. The van der Waals surface area contributed by atoms with Gasteiger partial charge in [-0.05, 0) is 73.4 Å². The first kappa shape index (κ1) is 26.1. The maximum absolute atomic E-state index is 14.6. The van der Waals surface area contributed by atoms with Crippen LogP contribution in [0.4, 0.5) is 10.1 Å². The van der Waals surface area contributed by atoms with Gasteiger partial charge in [0, 0.05) is 38.4 Å². The van der Waals surface area contributed by atoms with E-state index in [1.165, 1.54) is 12.6 Å². The van der Waals surface area contributed by atoms with Crippen molar-refractivity contribution in [2.24, 2.45) is 18.9 Å². The molecular formula is C30H33FN8O. The molecule has 3 aromatic heterocycles. The minimum Gasteiger partial charge on any atom is -0.357 e. The summed E-state index contributed by atoms with van der Waals surface area (Å²) in [6.45, 7) is 4.83. The third kappa shape index (κ3) is 4.75. The Bertz CT molecular complexity index is 1590. The van der Waals surface area contributed by atoms with Gasteiger partial charge in [-0.2, -0.15) is 5.26 Å². The number of halogens is 1. The number of carbonyl (C=O) groups excluding carboxylic acids is 1. The molecule has 4 heterocycles. The van der Waals surface area contributed by atoms with Gasteiger partial charge in [-0.1, -0.05) is 19.1 Å². The Labute approximate surface area is 232 Å². The van der Waals surface area contributed by atoms with E-state index in [2.05, 4.69) is 43.4 Å². The van der Waals surface area contributed by atoms with E-state index in [9.17, 15) is 14.4 Å². The van der Waals surface area contributed by atoms with E-state index in [0.29, 0.717) is 30.1 Å². The maximum atomic E-state index is 14.6. The van der Waals surface area contributed by atoms with Crippen LogP contribution in [0.3, 0.4) is 0 Å². The summed E-state index contributed by atoms with van der Waals surface area (Å²) in [5.41, 5.74) is 3.11. The number of anilines is 1. The third-order valence-corrected chi connectivity index (χ3v) is 8.50. The Balaban J connectivity index is 1.28. The smallest absolute Gasteiger partial charge is 0.274 e. The SMILES string of the molecule is C[C@H]1CCCN(Cc2cc(C(=O)Nc3cccc(C4(c5nncn5C)CC(CC#N)C4)c3)nc3c(F)c[nH]c23)C1. The number of likely N-dealkylation sites (tertiary alicyclic amines) is 1. The summed E-state index contributed by atoms with van der Waals surface area (Å²) < 4.78 is 16.6. The van der Waals surface area contributed by atoms with E-state index in [1.807, 2.05) is 35.9 Å². The van der Waals surface area contributed by atoms with Crippen LogP contribution in [0.1, 0.15) is 66.5 Å². The molecule has 0 radical (unpaired) electrons. The highest BCUT2D eigenvalue weighted by Gasteiger charge is 2.49. The van der Waals surface area contributed by atoms with Gasteiger partial charge < -0.3 is 14.9 Å². The minimum atomic E-state index is -0.470. The standard InChI is InChI=1S/C30H33FN8O/c1-19-5-4-10-39(16-19)17-21-11-25(36-27-24(31)15-33-26(21)27)28(40)35-23-7-3-6-22(12-23)30(13-20(14-30)8-9-32)29-37-34-18-38(29)2/h3,6-7,11-12,15,18-20,33H,4-5,8,10,13-14,16-17H2,1-2H3,(H,35,40)/t19-,20?,30?/m0/s1. The number of aromatic amines is 1.